The van der Waals surface area contributed by atoms with Crippen LogP contribution in [0, 0.1) is 5.92 Å². The number of ether oxygens (including phenoxy) is 2. The Kier molecular flexibility index (Phi) is 6.37. The van der Waals surface area contributed by atoms with Crippen LogP contribution in [0.1, 0.15) is 12.0 Å². The van der Waals surface area contributed by atoms with E-state index in [1.165, 1.54) is 0 Å². The number of carbonyl (C=O) groups is 2. The highest BCUT2D eigenvalue weighted by Gasteiger charge is 2.30. The minimum absolute atomic E-state index is 0.0654. The van der Waals surface area contributed by atoms with E-state index in [0.717, 1.165) is 22.7 Å². The molecule has 28 heavy (non-hydrogen) atoms. The lowest BCUT2D eigenvalue weighted by Gasteiger charge is -2.17. The van der Waals surface area contributed by atoms with Gasteiger partial charge in [0.25, 0.3) is 0 Å². The first kappa shape index (κ1) is 19.5. The third kappa shape index (κ3) is 4.94. The molecule has 1 unspecified atom stereocenters. The van der Waals surface area contributed by atoms with Crippen molar-refractivity contribution < 1.29 is 19.1 Å². The van der Waals surface area contributed by atoms with E-state index in [9.17, 15) is 9.59 Å². The van der Waals surface area contributed by atoms with E-state index in [1.807, 2.05) is 48.5 Å². The van der Waals surface area contributed by atoms with Crippen LogP contribution in [0.15, 0.2) is 48.5 Å². The van der Waals surface area contributed by atoms with Crippen molar-refractivity contribution in [3.05, 3.63) is 54.1 Å². The number of benzene rings is 2. The van der Waals surface area contributed by atoms with Crippen LogP contribution in [0.5, 0.6) is 11.5 Å². The molecule has 0 radical (unpaired) electrons. The summed E-state index contributed by atoms with van der Waals surface area (Å²) in [5, 5.41) is 5.68. The van der Waals surface area contributed by atoms with Crippen molar-refractivity contribution in [3.63, 3.8) is 0 Å². The summed E-state index contributed by atoms with van der Waals surface area (Å²) in [4.78, 5) is 26.1. The Morgan fingerprint density at radius 3 is 2.21 bits per heavy atom. The monoisotopic (exact) mass is 383 g/mol. The van der Waals surface area contributed by atoms with Gasteiger partial charge in [0.1, 0.15) is 11.5 Å². The molecule has 1 aliphatic heterocycles. The average Bonchev–Trinajstić information content (AvgIpc) is 3.11. The van der Waals surface area contributed by atoms with Crippen molar-refractivity contribution in [2.24, 2.45) is 5.92 Å². The Morgan fingerprint density at radius 2 is 1.61 bits per heavy atom. The molecular weight excluding hydrogens is 358 g/mol. The molecule has 0 aromatic heterocycles. The van der Waals surface area contributed by atoms with Gasteiger partial charge in [-0.1, -0.05) is 12.1 Å². The van der Waals surface area contributed by atoms with Crippen LogP contribution in [0.4, 0.5) is 10.5 Å². The lowest BCUT2D eigenvalue weighted by atomic mass is 10.1. The molecule has 2 aromatic carbocycles. The van der Waals surface area contributed by atoms with E-state index in [2.05, 4.69) is 10.6 Å². The van der Waals surface area contributed by atoms with Gasteiger partial charge in [-0.3, -0.25) is 4.79 Å². The number of hydrogen-bond donors (Lipinski definition) is 2. The predicted molar refractivity (Wildman–Crippen MR) is 107 cm³/mol. The average molecular weight is 383 g/mol. The summed E-state index contributed by atoms with van der Waals surface area (Å²) in [6.45, 7) is 1.47. The second-order valence-corrected chi connectivity index (χ2v) is 6.68. The predicted octanol–water partition coefficient (Wildman–Crippen LogP) is 2.56. The lowest BCUT2D eigenvalue weighted by molar-refractivity contribution is -0.117. The van der Waals surface area contributed by atoms with Gasteiger partial charge < -0.3 is 25.0 Å². The van der Waals surface area contributed by atoms with Crippen molar-refractivity contribution in [1.29, 1.82) is 0 Å². The van der Waals surface area contributed by atoms with Gasteiger partial charge in [0, 0.05) is 37.7 Å². The molecule has 0 bridgehead atoms. The normalized spacial score (nSPS) is 16.0. The first-order valence-electron chi connectivity index (χ1n) is 9.18. The molecule has 148 valence electrons. The van der Waals surface area contributed by atoms with Crippen molar-refractivity contribution in [2.45, 2.75) is 13.0 Å². The molecule has 2 aromatic rings. The van der Waals surface area contributed by atoms with E-state index in [-0.39, 0.29) is 17.9 Å². The highest BCUT2D eigenvalue weighted by atomic mass is 16.5. The number of rotatable bonds is 7. The number of urea groups is 1. The largest absolute Gasteiger partial charge is 0.497 e. The maximum absolute atomic E-state index is 12.3. The summed E-state index contributed by atoms with van der Waals surface area (Å²) < 4.78 is 10.3. The number of carbonyl (C=O) groups excluding carboxylic acids is 2. The third-order valence-electron chi connectivity index (χ3n) is 4.75. The van der Waals surface area contributed by atoms with Crippen molar-refractivity contribution in [2.75, 3.05) is 32.2 Å². The molecule has 1 heterocycles. The summed E-state index contributed by atoms with van der Waals surface area (Å²) in [5.41, 5.74) is 1.83. The van der Waals surface area contributed by atoms with Crippen LogP contribution >= 0.6 is 0 Å². The first-order valence-corrected chi connectivity index (χ1v) is 9.18. The van der Waals surface area contributed by atoms with Crippen LogP contribution in [0.3, 0.4) is 0 Å². The van der Waals surface area contributed by atoms with Crippen LogP contribution in [-0.2, 0) is 11.3 Å². The fourth-order valence-corrected chi connectivity index (χ4v) is 3.16. The second-order valence-electron chi connectivity index (χ2n) is 6.68. The molecule has 1 aliphatic rings. The molecule has 3 amide bonds. The van der Waals surface area contributed by atoms with Gasteiger partial charge >= 0.3 is 6.03 Å². The topological polar surface area (TPSA) is 79.9 Å². The molecule has 1 fully saturated rings. The molecule has 1 atom stereocenters. The molecule has 2 N–H and O–H groups in total. The van der Waals surface area contributed by atoms with Crippen molar-refractivity contribution >= 4 is 17.6 Å². The highest BCUT2D eigenvalue weighted by molar-refractivity contribution is 5.95. The zero-order valence-electron chi connectivity index (χ0n) is 16.1. The van der Waals surface area contributed by atoms with E-state index in [0.29, 0.717) is 26.1 Å². The number of nitrogens with zero attached hydrogens (tertiary/aromatic N) is 1. The zero-order chi connectivity index (χ0) is 19.9. The molecule has 3 rings (SSSR count). The Morgan fingerprint density at radius 1 is 1.00 bits per heavy atom. The summed E-state index contributed by atoms with van der Waals surface area (Å²) in [5.74, 6) is 1.68. The van der Waals surface area contributed by atoms with Crippen LogP contribution in [0.2, 0.25) is 0 Å². The molecule has 0 saturated carbocycles. The fourth-order valence-electron chi connectivity index (χ4n) is 3.16. The molecule has 7 heteroatoms. The Bertz CT molecular complexity index is 805. The molecule has 0 aliphatic carbocycles. The third-order valence-corrected chi connectivity index (χ3v) is 4.75. The van der Waals surface area contributed by atoms with Gasteiger partial charge in [-0.2, -0.15) is 0 Å². The van der Waals surface area contributed by atoms with Crippen molar-refractivity contribution in [1.82, 2.24) is 10.6 Å². The van der Waals surface area contributed by atoms with Crippen LogP contribution in [-0.4, -0.2) is 39.2 Å². The Balaban J connectivity index is 1.44. The fraction of sp³-hybridized carbons (Fsp3) is 0.333. The van der Waals surface area contributed by atoms with Gasteiger partial charge in [0.2, 0.25) is 5.91 Å². The van der Waals surface area contributed by atoms with Gasteiger partial charge in [0.15, 0.2) is 0 Å². The smallest absolute Gasteiger partial charge is 0.315 e. The number of nitrogens with one attached hydrogen (secondary N) is 2. The zero-order valence-corrected chi connectivity index (χ0v) is 16.1. The Labute approximate surface area is 164 Å². The quantitative estimate of drug-likeness (QED) is 0.770. The summed E-state index contributed by atoms with van der Waals surface area (Å²) in [6, 6.07) is 14.7. The first-order chi connectivity index (χ1) is 13.6. The number of amides is 3. The number of anilines is 1. The molecular formula is C21H25N3O4. The van der Waals surface area contributed by atoms with Crippen molar-refractivity contribution in [3.8, 4) is 11.5 Å². The minimum atomic E-state index is -0.244. The second kappa shape index (κ2) is 9.12. The molecule has 0 spiro atoms. The SMILES string of the molecule is COc1ccc(CNC(=O)NCC2CC(=O)N(c3ccc(OC)cc3)C2)cc1. The number of hydrogen-bond acceptors (Lipinski definition) is 4. The maximum Gasteiger partial charge on any atom is 0.315 e. The highest BCUT2D eigenvalue weighted by Crippen LogP contribution is 2.26. The Hall–Kier alpha value is -3.22. The lowest BCUT2D eigenvalue weighted by Crippen LogP contribution is -2.38. The van der Waals surface area contributed by atoms with E-state index >= 15 is 0 Å². The van der Waals surface area contributed by atoms with Gasteiger partial charge in [-0.15, -0.1) is 0 Å². The number of methoxy groups -OCH3 is 2. The van der Waals surface area contributed by atoms with E-state index in [4.69, 9.17) is 9.47 Å². The summed E-state index contributed by atoms with van der Waals surface area (Å²) in [7, 11) is 3.22. The summed E-state index contributed by atoms with van der Waals surface area (Å²) in [6.07, 6.45) is 0.421. The maximum atomic E-state index is 12.3. The minimum Gasteiger partial charge on any atom is -0.497 e. The van der Waals surface area contributed by atoms with Gasteiger partial charge in [0.05, 0.1) is 14.2 Å². The van der Waals surface area contributed by atoms with Crippen LogP contribution < -0.4 is 25.0 Å². The van der Waals surface area contributed by atoms with E-state index < -0.39 is 0 Å². The van der Waals surface area contributed by atoms with Gasteiger partial charge in [-0.05, 0) is 42.0 Å². The van der Waals surface area contributed by atoms with Gasteiger partial charge in [-0.25, -0.2) is 4.79 Å². The van der Waals surface area contributed by atoms with Crippen LogP contribution in [0.25, 0.3) is 0 Å². The standard InChI is InChI=1S/C21H25N3O4/c1-27-18-7-3-15(4-8-18)12-22-21(26)23-13-16-11-20(25)24(14-16)17-5-9-19(28-2)10-6-17/h3-10,16H,11-14H2,1-2H3,(H2,22,23,26). The van der Waals surface area contributed by atoms with E-state index in [1.54, 1.807) is 19.1 Å². The molecule has 7 nitrogen and oxygen atoms in total. The molecule has 1 saturated heterocycles. The summed E-state index contributed by atoms with van der Waals surface area (Å²) >= 11 is 0.